The molecule has 0 radical (unpaired) electrons. The van der Waals surface area contributed by atoms with Gasteiger partial charge in [0.2, 0.25) is 15.9 Å². The van der Waals surface area contributed by atoms with Crippen LogP contribution in [0.25, 0.3) is 0 Å². The summed E-state index contributed by atoms with van der Waals surface area (Å²) in [5.74, 6) is -0.856. The van der Waals surface area contributed by atoms with E-state index in [0.717, 1.165) is 0 Å². The smallest absolute Gasteiger partial charge is 0.241 e. The van der Waals surface area contributed by atoms with Gasteiger partial charge in [-0.1, -0.05) is 23.7 Å². The molecule has 128 valence electrons. The summed E-state index contributed by atoms with van der Waals surface area (Å²) >= 11 is 5.72. The Kier molecular flexibility index (Phi) is 5.93. The number of rotatable bonds is 6. The predicted octanol–water partition coefficient (Wildman–Crippen LogP) is 2.46. The van der Waals surface area contributed by atoms with Gasteiger partial charge in [0, 0.05) is 11.6 Å². The molecule has 1 atom stereocenters. The highest BCUT2D eigenvalue weighted by Crippen LogP contribution is 2.14. The fourth-order valence-corrected chi connectivity index (χ4v) is 3.24. The average Bonchev–Trinajstić information content (AvgIpc) is 2.54. The molecule has 2 N–H and O–H groups in total. The predicted molar refractivity (Wildman–Crippen MR) is 89.5 cm³/mol. The number of amides is 1. The van der Waals surface area contributed by atoms with Crippen molar-refractivity contribution >= 4 is 27.5 Å². The Morgan fingerprint density at radius 2 is 1.71 bits per heavy atom. The number of nitrogens with one attached hydrogen (secondary N) is 2. The minimum atomic E-state index is -3.83. The third-order valence-electron chi connectivity index (χ3n) is 3.23. The second-order valence-electron chi connectivity index (χ2n) is 5.14. The quantitative estimate of drug-likeness (QED) is 0.820. The van der Waals surface area contributed by atoms with Gasteiger partial charge in [-0.05, 0) is 48.9 Å². The van der Waals surface area contributed by atoms with E-state index in [4.69, 9.17) is 11.6 Å². The minimum Gasteiger partial charge on any atom is -0.351 e. The highest BCUT2D eigenvalue weighted by molar-refractivity contribution is 7.89. The van der Waals surface area contributed by atoms with Crippen LogP contribution in [0.15, 0.2) is 53.4 Å². The van der Waals surface area contributed by atoms with Gasteiger partial charge in [-0.3, -0.25) is 4.79 Å². The zero-order chi connectivity index (χ0) is 17.7. The SMILES string of the molecule is CC(NS(=O)(=O)c1ccc(Cl)cc1)C(=O)NCc1ccc(F)cc1. The molecule has 0 fully saturated rings. The van der Waals surface area contributed by atoms with E-state index in [1.807, 2.05) is 0 Å². The Hall–Kier alpha value is -1.96. The van der Waals surface area contributed by atoms with Crippen LogP contribution in [0.5, 0.6) is 0 Å². The lowest BCUT2D eigenvalue weighted by molar-refractivity contribution is -0.122. The molecule has 0 saturated carbocycles. The van der Waals surface area contributed by atoms with Crippen molar-refractivity contribution in [3.8, 4) is 0 Å². The van der Waals surface area contributed by atoms with Crippen molar-refractivity contribution in [1.29, 1.82) is 0 Å². The molecular weight excluding hydrogens is 355 g/mol. The van der Waals surface area contributed by atoms with E-state index in [1.54, 1.807) is 0 Å². The highest BCUT2D eigenvalue weighted by Gasteiger charge is 2.21. The number of halogens is 2. The third-order valence-corrected chi connectivity index (χ3v) is 5.04. The van der Waals surface area contributed by atoms with Gasteiger partial charge in [0.05, 0.1) is 10.9 Å². The van der Waals surface area contributed by atoms with Crippen LogP contribution in [-0.2, 0) is 21.4 Å². The first-order chi connectivity index (χ1) is 11.3. The summed E-state index contributed by atoms with van der Waals surface area (Å²) in [5, 5.41) is 3.01. The number of benzene rings is 2. The molecule has 0 bridgehead atoms. The van der Waals surface area contributed by atoms with Crippen LogP contribution in [0.4, 0.5) is 4.39 Å². The van der Waals surface area contributed by atoms with E-state index >= 15 is 0 Å². The molecule has 24 heavy (non-hydrogen) atoms. The van der Waals surface area contributed by atoms with Crippen LogP contribution in [0, 0.1) is 5.82 Å². The van der Waals surface area contributed by atoms with Gasteiger partial charge in [0.25, 0.3) is 0 Å². The Labute approximate surface area is 144 Å². The van der Waals surface area contributed by atoms with Crippen molar-refractivity contribution in [1.82, 2.24) is 10.0 Å². The van der Waals surface area contributed by atoms with Crippen LogP contribution in [0.1, 0.15) is 12.5 Å². The fraction of sp³-hybridized carbons (Fsp3) is 0.188. The van der Waals surface area contributed by atoms with Crippen LogP contribution in [-0.4, -0.2) is 20.4 Å². The minimum absolute atomic E-state index is 0.0186. The van der Waals surface area contributed by atoms with Gasteiger partial charge < -0.3 is 5.32 Å². The molecule has 0 heterocycles. The topological polar surface area (TPSA) is 75.3 Å². The standard InChI is InChI=1S/C16H16ClFN2O3S/c1-11(16(21)19-10-12-2-6-14(18)7-3-12)20-24(22,23)15-8-4-13(17)5-9-15/h2-9,11,20H,10H2,1H3,(H,19,21). The molecule has 2 aromatic rings. The molecule has 5 nitrogen and oxygen atoms in total. The Bertz CT molecular complexity index is 808. The normalized spacial score (nSPS) is 12.6. The van der Waals surface area contributed by atoms with Gasteiger partial charge in [-0.15, -0.1) is 0 Å². The molecule has 0 spiro atoms. The summed E-state index contributed by atoms with van der Waals surface area (Å²) in [4.78, 5) is 12.0. The maximum absolute atomic E-state index is 12.8. The second kappa shape index (κ2) is 7.74. The first kappa shape index (κ1) is 18.4. The number of carbonyl (C=O) groups is 1. The van der Waals surface area contributed by atoms with Crippen molar-refractivity contribution in [3.05, 3.63) is 64.9 Å². The maximum Gasteiger partial charge on any atom is 0.241 e. The Morgan fingerprint density at radius 3 is 2.29 bits per heavy atom. The van der Waals surface area contributed by atoms with Gasteiger partial charge in [0.1, 0.15) is 5.82 Å². The summed E-state index contributed by atoms with van der Waals surface area (Å²) in [6.07, 6.45) is 0. The molecule has 2 aromatic carbocycles. The fourth-order valence-electron chi connectivity index (χ4n) is 1.91. The number of hydrogen-bond acceptors (Lipinski definition) is 3. The van der Waals surface area contributed by atoms with E-state index in [-0.39, 0.29) is 17.3 Å². The lowest BCUT2D eigenvalue weighted by Crippen LogP contribution is -2.44. The van der Waals surface area contributed by atoms with E-state index in [2.05, 4.69) is 10.0 Å². The Morgan fingerprint density at radius 1 is 1.12 bits per heavy atom. The molecule has 0 aliphatic rings. The molecular formula is C16H16ClFN2O3S. The monoisotopic (exact) mass is 370 g/mol. The van der Waals surface area contributed by atoms with E-state index in [1.165, 1.54) is 55.5 Å². The maximum atomic E-state index is 12.8. The zero-order valence-corrected chi connectivity index (χ0v) is 14.4. The van der Waals surface area contributed by atoms with E-state index in [9.17, 15) is 17.6 Å². The molecule has 2 rings (SSSR count). The van der Waals surface area contributed by atoms with Gasteiger partial charge in [-0.2, -0.15) is 4.72 Å². The lowest BCUT2D eigenvalue weighted by Gasteiger charge is -2.14. The van der Waals surface area contributed by atoms with Crippen molar-refractivity contribution in [2.45, 2.75) is 24.4 Å². The van der Waals surface area contributed by atoms with Crippen molar-refractivity contribution in [2.75, 3.05) is 0 Å². The van der Waals surface area contributed by atoms with Crippen LogP contribution in [0.3, 0.4) is 0 Å². The molecule has 1 unspecified atom stereocenters. The van der Waals surface area contributed by atoms with E-state index in [0.29, 0.717) is 10.6 Å². The largest absolute Gasteiger partial charge is 0.351 e. The Balaban J connectivity index is 1.95. The molecule has 1 amide bonds. The van der Waals surface area contributed by atoms with Crippen LogP contribution < -0.4 is 10.0 Å². The van der Waals surface area contributed by atoms with Crippen molar-refractivity contribution in [3.63, 3.8) is 0 Å². The van der Waals surface area contributed by atoms with Gasteiger partial charge in [-0.25, -0.2) is 12.8 Å². The lowest BCUT2D eigenvalue weighted by atomic mass is 10.2. The summed E-state index contributed by atoms with van der Waals surface area (Å²) < 4.78 is 39.5. The summed E-state index contributed by atoms with van der Waals surface area (Å²) in [6.45, 7) is 1.61. The van der Waals surface area contributed by atoms with Crippen LogP contribution in [0.2, 0.25) is 5.02 Å². The molecule has 0 aliphatic heterocycles. The van der Waals surface area contributed by atoms with Crippen LogP contribution >= 0.6 is 11.6 Å². The van der Waals surface area contributed by atoms with E-state index < -0.39 is 22.0 Å². The number of hydrogen-bond donors (Lipinski definition) is 2. The average molecular weight is 371 g/mol. The summed E-state index contributed by atoms with van der Waals surface area (Å²) in [7, 11) is -3.83. The van der Waals surface area contributed by atoms with Crippen molar-refractivity contribution in [2.24, 2.45) is 0 Å². The zero-order valence-electron chi connectivity index (χ0n) is 12.8. The first-order valence-electron chi connectivity index (χ1n) is 7.08. The third kappa shape index (κ3) is 5.02. The highest BCUT2D eigenvalue weighted by atomic mass is 35.5. The summed E-state index contributed by atoms with van der Waals surface area (Å²) in [6, 6.07) is 10.3. The van der Waals surface area contributed by atoms with Crippen molar-refractivity contribution < 1.29 is 17.6 Å². The number of carbonyl (C=O) groups excluding carboxylic acids is 1. The van der Waals surface area contributed by atoms with Gasteiger partial charge >= 0.3 is 0 Å². The summed E-state index contributed by atoms with van der Waals surface area (Å²) in [5.41, 5.74) is 0.706. The second-order valence-corrected chi connectivity index (χ2v) is 7.29. The number of sulfonamides is 1. The molecule has 8 heteroatoms. The molecule has 0 aromatic heterocycles. The molecule has 0 aliphatic carbocycles. The first-order valence-corrected chi connectivity index (χ1v) is 8.94. The molecule has 0 saturated heterocycles. The van der Waals surface area contributed by atoms with Gasteiger partial charge in [0.15, 0.2) is 0 Å².